The van der Waals surface area contributed by atoms with E-state index in [-0.39, 0.29) is 0 Å². The number of aromatic nitrogens is 2. The molecule has 0 saturated carbocycles. The van der Waals surface area contributed by atoms with Gasteiger partial charge in [-0.15, -0.1) is 0 Å². The van der Waals surface area contributed by atoms with E-state index in [1.807, 2.05) is 26.1 Å². The van der Waals surface area contributed by atoms with E-state index in [2.05, 4.69) is 9.39 Å². The first kappa shape index (κ1) is 11.7. The number of nitrogens with zero attached hydrogens (tertiary/aromatic N) is 2. The third-order valence-corrected chi connectivity index (χ3v) is 2.61. The van der Waals surface area contributed by atoms with Crippen molar-refractivity contribution in [2.45, 2.75) is 6.92 Å². The van der Waals surface area contributed by atoms with Crippen molar-refractivity contribution >= 4 is 17.8 Å². The number of benzene rings is 1. The average molecular weight is 251 g/mol. The van der Waals surface area contributed by atoms with Crippen molar-refractivity contribution in [2.24, 2.45) is 7.05 Å². The van der Waals surface area contributed by atoms with Crippen molar-refractivity contribution in [2.75, 3.05) is 0 Å². The third kappa shape index (κ3) is 2.31. The molecule has 1 aromatic heterocycles. The Balaban J connectivity index is 2.46. The first-order valence-corrected chi connectivity index (χ1v) is 5.36. The van der Waals surface area contributed by atoms with Gasteiger partial charge in [0, 0.05) is 12.6 Å². The maximum atomic E-state index is 11.3. The molecule has 5 heteroatoms. The lowest BCUT2D eigenvalue weighted by molar-refractivity contribution is 0.0751. The van der Waals surface area contributed by atoms with Crippen LogP contribution in [0.2, 0.25) is 0 Å². The van der Waals surface area contributed by atoms with E-state index in [9.17, 15) is 4.79 Å². The van der Waals surface area contributed by atoms with Crippen LogP contribution >= 0.6 is 11.9 Å². The molecule has 0 aliphatic carbocycles. The van der Waals surface area contributed by atoms with E-state index in [1.165, 1.54) is 0 Å². The van der Waals surface area contributed by atoms with Gasteiger partial charge in [-0.25, -0.2) is 4.79 Å². The molecule has 0 bridgehead atoms. The number of aryl methyl sites for hydroxylation is 2. The number of carbonyl (C=O) groups excluding carboxylic acids is 1. The van der Waals surface area contributed by atoms with Gasteiger partial charge in [0.25, 0.3) is 0 Å². The fourth-order valence-corrected chi connectivity index (χ4v) is 1.82. The monoisotopic (exact) mass is 250 g/mol. The van der Waals surface area contributed by atoms with Gasteiger partial charge in [-0.05, 0) is 25.1 Å². The van der Waals surface area contributed by atoms with Crippen LogP contribution in [0.1, 0.15) is 16.1 Å². The van der Waals surface area contributed by atoms with Crippen LogP contribution in [-0.4, -0.2) is 15.7 Å². The van der Waals surface area contributed by atoms with Crippen LogP contribution in [0.4, 0.5) is 0 Å². The van der Waals surface area contributed by atoms with Crippen LogP contribution in [0.15, 0.2) is 30.3 Å². The zero-order chi connectivity index (χ0) is 12.4. The summed E-state index contributed by atoms with van der Waals surface area (Å²) < 4.78 is 5.94. The maximum Gasteiger partial charge on any atom is 0.356 e. The maximum absolute atomic E-state index is 11.3. The van der Waals surface area contributed by atoms with Crippen molar-refractivity contribution in [3.63, 3.8) is 0 Å². The van der Waals surface area contributed by atoms with Crippen molar-refractivity contribution < 1.29 is 9.08 Å². The minimum atomic E-state index is -0.563. The molecule has 1 aromatic carbocycles. The molecule has 0 atom stereocenters. The third-order valence-electron chi connectivity index (χ3n) is 2.47. The van der Waals surface area contributed by atoms with Crippen LogP contribution in [0.5, 0.6) is 0 Å². The summed E-state index contributed by atoms with van der Waals surface area (Å²) in [5.41, 5.74) is 3.17. The predicted molar refractivity (Wildman–Crippen MR) is 64.6 cm³/mol. The van der Waals surface area contributed by atoms with Gasteiger partial charge >= 0.3 is 5.97 Å². The SMILES string of the molecule is Cc1cc(-c2cccc(C(=O)OCl)c2)n(C)n1. The minimum absolute atomic E-state index is 0.413. The van der Waals surface area contributed by atoms with Crippen LogP contribution in [0, 0.1) is 6.92 Å². The zero-order valence-electron chi connectivity index (χ0n) is 9.48. The Morgan fingerprint density at radius 2 is 2.18 bits per heavy atom. The van der Waals surface area contributed by atoms with E-state index in [4.69, 9.17) is 11.9 Å². The van der Waals surface area contributed by atoms with Crippen molar-refractivity contribution in [3.8, 4) is 11.3 Å². The van der Waals surface area contributed by atoms with Crippen LogP contribution in [0.3, 0.4) is 0 Å². The van der Waals surface area contributed by atoms with Crippen molar-refractivity contribution in [1.82, 2.24) is 9.78 Å². The lowest BCUT2D eigenvalue weighted by Crippen LogP contribution is -1.99. The summed E-state index contributed by atoms with van der Waals surface area (Å²) >= 11 is 5.05. The molecule has 0 unspecified atom stereocenters. The number of hydrogen-bond donors (Lipinski definition) is 0. The number of carbonyl (C=O) groups is 1. The fourth-order valence-electron chi connectivity index (χ4n) is 1.73. The minimum Gasteiger partial charge on any atom is -0.343 e. The largest absolute Gasteiger partial charge is 0.356 e. The molecule has 88 valence electrons. The molecular formula is C12H11ClN2O2. The Morgan fingerprint density at radius 1 is 1.41 bits per heavy atom. The van der Waals surface area contributed by atoms with Crippen molar-refractivity contribution in [3.05, 3.63) is 41.6 Å². The summed E-state index contributed by atoms with van der Waals surface area (Å²) in [4.78, 5) is 11.3. The Morgan fingerprint density at radius 3 is 2.76 bits per heavy atom. The zero-order valence-corrected chi connectivity index (χ0v) is 10.2. The second-order valence-electron chi connectivity index (χ2n) is 3.74. The highest BCUT2D eigenvalue weighted by Crippen LogP contribution is 2.21. The Labute approximate surface area is 104 Å². The van der Waals surface area contributed by atoms with E-state index in [0.717, 1.165) is 17.0 Å². The molecule has 0 N–H and O–H groups in total. The molecule has 2 rings (SSSR count). The summed E-state index contributed by atoms with van der Waals surface area (Å²) in [6.45, 7) is 1.92. The summed E-state index contributed by atoms with van der Waals surface area (Å²) in [6.07, 6.45) is 0. The lowest BCUT2D eigenvalue weighted by Gasteiger charge is -2.03. The fraction of sp³-hybridized carbons (Fsp3) is 0.167. The summed E-state index contributed by atoms with van der Waals surface area (Å²) in [5.74, 6) is -0.563. The van der Waals surface area contributed by atoms with Gasteiger partial charge < -0.3 is 4.29 Å². The molecule has 17 heavy (non-hydrogen) atoms. The second kappa shape index (κ2) is 4.59. The average Bonchev–Trinajstić information content (AvgIpc) is 2.67. The molecule has 2 aromatic rings. The molecule has 4 nitrogen and oxygen atoms in total. The summed E-state index contributed by atoms with van der Waals surface area (Å²) in [6, 6.07) is 9.01. The quantitative estimate of drug-likeness (QED) is 0.823. The van der Waals surface area contributed by atoms with Gasteiger partial charge in [0.2, 0.25) is 0 Å². The standard InChI is InChI=1S/C12H11ClN2O2/c1-8-6-11(15(2)14-8)9-4-3-5-10(7-9)12(16)17-13/h3-7H,1-2H3. The van der Waals surface area contributed by atoms with E-state index >= 15 is 0 Å². The molecule has 0 amide bonds. The molecule has 1 heterocycles. The van der Waals surface area contributed by atoms with Crippen LogP contribution in [-0.2, 0) is 11.3 Å². The molecule has 0 aliphatic heterocycles. The van der Waals surface area contributed by atoms with Gasteiger partial charge in [-0.1, -0.05) is 12.1 Å². The van der Waals surface area contributed by atoms with Gasteiger partial charge in [-0.2, -0.15) is 5.10 Å². The Kier molecular flexibility index (Phi) is 3.15. The smallest absolute Gasteiger partial charge is 0.343 e. The molecule has 0 fully saturated rings. The van der Waals surface area contributed by atoms with Gasteiger partial charge in [0.05, 0.1) is 17.0 Å². The molecule has 0 aliphatic rings. The van der Waals surface area contributed by atoms with Crippen molar-refractivity contribution in [1.29, 1.82) is 0 Å². The van der Waals surface area contributed by atoms with Gasteiger partial charge in [-0.3, -0.25) is 4.68 Å². The van der Waals surface area contributed by atoms with Crippen LogP contribution in [0.25, 0.3) is 11.3 Å². The normalized spacial score (nSPS) is 10.3. The van der Waals surface area contributed by atoms with Crippen LogP contribution < -0.4 is 0 Å². The van der Waals surface area contributed by atoms with Gasteiger partial charge in [0.1, 0.15) is 11.9 Å². The van der Waals surface area contributed by atoms with Gasteiger partial charge in [0.15, 0.2) is 0 Å². The first-order valence-electron chi connectivity index (χ1n) is 5.06. The highest BCUT2D eigenvalue weighted by atomic mass is 35.5. The number of rotatable bonds is 2. The highest BCUT2D eigenvalue weighted by Gasteiger charge is 2.10. The van der Waals surface area contributed by atoms with E-state index < -0.39 is 5.97 Å². The predicted octanol–water partition coefficient (Wildman–Crippen LogP) is 2.71. The summed E-state index contributed by atoms with van der Waals surface area (Å²) in [7, 11) is 1.86. The molecule has 0 spiro atoms. The molecular weight excluding hydrogens is 240 g/mol. The molecule has 0 saturated heterocycles. The summed E-state index contributed by atoms with van der Waals surface area (Å²) in [5, 5.41) is 4.26. The topological polar surface area (TPSA) is 44.1 Å². The van der Waals surface area contributed by atoms with E-state index in [0.29, 0.717) is 5.56 Å². The Bertz CT molecular complexity index is 563. The second-order valence-corrected chi connectivity index (χ2v) is 3.89. The van der Waals surface area contributed by atoms with E-state index in [1.54, 1.807) is 22.9 Å². The Hall–Kier alpha value is -1.81. The first-order chi connectivity index (χ1) is 8.11. The highest BCUT2D eigenvalue weighted by molar-refractivity contribution is 6.15. The number of halogens is 1. The lowest BCUT2D eigenvalue weighted by atomic mass is 10.1. The molecule has 0 radical (unpaired) electrons. The number of hydrogen-bond acceptors (Lipinski definition) is 3.